The van der Waals surface area contributed by atoms with E-state index in [1.165, 1.54) is 0 Å². The minimum atomic E-state index is 0.161. The van der Waals surface area contributed by atoms with Crippen molar-refractivity contribution in [1.82, 2.24) is 10.6 Å². The van der Waals surface area contributed by atoms with Crippen molar-refractivity contribution in [2.75, 3.05) is 26.7 Å². The number of phenolic OH excluding ortho intramolecular Hbond substituents is 1. The molecule has 2 rings (SSSR count). The topological polar surface area (TPSA) is 53.5 Å². The van der Waals surface area contributed by atoms with Crippen LogP contribution >= 0.6 is 0 Å². The summed E-state index contributed by atoms with van der Waals surface area (Å²) in [6.45, 7) is 2.73. The Labute approximate surface area is 89.3 Å². The van der Waals surface area contributed by atoms with Crippen molar-refractivity contribution in [1.29, 1.82) is 0 Å². The molecule has 0 amide bonds. The lowest BCUT2D eigenvalue weighted by Crippen LogP contribution is -2.42. The summed E-state index contributed by atoms with van der Waals surface area (Å²) in [6.07, 6.45) is 0. The molecular weight excluding hydrogens is 192 g/mol. The highest BCUT2D eigenvalue weighted by Crippen LogP contribution is 2.28. The predicted molar refractivity (Wildman–Crippen MR) is 58.3 cm³/mol. The molecule has 1 fully saturated rings. The second-order valence-electron chi connectivity index (χ2n) is 3.64. The van der Waals surface area contributed by atoms with Crippen LogP contribution in [0.15, 0.2) is 18.2 Å². The summed E-state index contributed by atoms with van der Waals surface area (Å²) in [7, 11) is 1.63. The van der Waals surface area contributed by atoms with Crippen molar-refractivity contribution < 1.29 is 9.84 Å². The Balaban J connectivity index is 2.24. The third-order valence-corrected chi connectivity index (χ3v) is 2.65. The van der Waals surface area contributed by atoms with Crippen LogP contribution in [0.25, 0.3) is 0 Å². The van der Waals surface area contributed by atoms with Crippen LogP contribution in [-0.2, 0) is 0 Å². The van der Waals surface area contributed by atoms with Gasteiger partial charge in [-0.2, -0.15) is 0 Å². The molecule has 3 N–H and O–H groups in total. The lowest BCUT2D eigenvalue weighted by Gasteiger charge is -2.25. The molecule has 0 bridgehead atoms. The molecule has 1 aromatic carbocycles. The van der Waals surface area contributed by atoms with Crippen LogP contribution in [0.2, 0.25) is 0 Å². The van der Waals surface area contributed by atoms with Crippen molar-refractivity contribution in [2.45, 2.75) is 6.04 Å². The Morgan fingerprint density at radius 2 is 2.27 bits per heavy atom. The molecule has 1 heterocycles. The zero-order chi connectivity index (χ0) is 10.7. The van der Waals surface area contributed by atoms with Crippen LogP contribution in [0, 0.1) is 0 Å². The minimum Gasteiger partial charge on any atom is -0.508 e. The van der Waals surface area contributed by atoms with Gasteiger partial charge >= 0.3 is 0 Å². The van der Waals surface area contributed by atoms with Gasteiger partial charge in [0.2, 0.25) is 0 Å². The summed E-state index contributed by atoms with van der Waals surface area (Å²) in [5.41, 5.74) is 0.890. The monoisotopic (exact) mass is 208 g/mol. The van der Waals surface area contributed by atoms with E-state index >= 15 is 0 Å². The fourth-order valence-corrected chi connectivity index (χ4v) is 1.81. The van der Waals surface area contributed by atoms with E-state index in [0.717, 1.165) is 30.9 Å². The average Bonchev–Trinajstić information content (AvgIpc) is 2.31. The maximum Gasteiger partial charge on any atom is 0.120 e. The van der Waals surface area contributed by atoms with Gasteiger partial charge in [-0.25, -0.2) is 0 Å². The summed E-state index contributed by atoms with van der Waals surface area (Å²) in [6, 6.07) is 5.47. The number of nitrogens with one attached hydrogen (secondary N) is 2. The van der Waals surface area contributed by atoms with E-state index in [1.54, 1.807) is 19.2 Å². The molecule has 0 aliphatic carbocycles. The van der Waals surface area contributed by atoms with Crippen molar-refractivity contribution in [3.8, 4) is 11.5 Å². The van der Waals surface area contributed by atoms with Crippen molar-refractivity contribution in [2.24, 2.45) is 0 Å². The highest BCUT2D eigenvalue weighted by atomic mass is 16.5. The lowest BCUT2D eigenvalue weighted by atomic mass is 10.0. The molecule has 0 saturated carbocycles. The Morgan fingerprint density at radius 1 is 1.40 bits per heavy atom. The molecule has 1 aliphatic heterocycles. The van der Waals surface area contributed by atoms with E-state index in [-0.39, 0.29) is 6.04 Å². The van der Waals surface area contributed by atoms with E-state index in [0.29, 0.717) is 5.75 Å². The summed E-state index contributed by atoms with van der Waals surface area (Å²) in [5.74, 6) is 1.09. The number of aromatic hydroxyl groups is 1. The summed E-state index contributed by atoms with van der Waals surface area (Å²) in [4.78, 5) is 0. The van der Waals surface area contributed by atoms with Crippen LogP contribution in [0.4, 0.5) is 0 Å². The molecule has 1 aliphatic rings. The average molecular weight is 208 g/mol. The minimum absolute atomic E-state index is 0.161. The number of ether oxygens (including phenoxy) is 1. The number of phenols is 1. The second-order valence-corrected chi connectivity index (χ2v) is 3.64. The number of rotatable bonds is 2. The van der Waals surface area contributed by atoms with E-state index in [2.05, 4.69) is 10.6 Å². The molecule has 1 saturated heterocycles. The van der Waals surface area contributed by atoms with Gasteiger partial charge in [0, 0.05) is 31.2 Å². The standard InChI is InChI=1S/C11H16N2O2/c1-15-8-2-3-11(14)9(6-8)10-7-12-4-5-13-10/h2-3,6,10,12-14H,4-5,7H2,1H3/t10-/m0/s1. The third kappa shape index (κ3) is 2.22. The van der Waals surface area contributed by atoms with Gasteiger partial charge in [-0.15, -0.1) is 0 Å². The molecule has 1 aromatic rings. The maximum absolute atomic E-state index is 9.76. The Bertz CT molecular complexity index is 335. The predicted octanol–water partition coefficient (Wildman–Crippen LogP) is 0.635. The van der Waals surface area contributed by atoms with E-state index in [1.807, 2.05) is 6.07 Å². The second kappa shape index (κ2) is 4.51. The summed E-state index contributed by atoms with van der Waals surface area (Å²) >= 11 is 0. The first-order chi connectivity index (χ1) is 7.31. The maximum atomic E-state index is 9.76. The highest BCUT2D eigenvalue weighted by Gasteiger charge is 2.17. The number of piperazine rings is 1. The first-order valence-corrected chi connectivity index (χ1v) is 5.12. The molecule has 0 aromatic heterocycles. The fourth-order valence-electron chi connectivity index (χ4n) is 1.81. The SMILES string of the molecule is COc1ccc(O)c([C@@H]2CNCCN2)c1. The zero-order valence-electron chi connectivity index (χ0n) is 8.79. The normalized spacial score (nSPS) is 21.3. The number of hydrogen-bond acceptors (Lipinski definition) is 4. The lowest BCUT2D eigenvalue weighted by molar-refractivity contribution is 0.391. The summed E-state index contributed by atoms with van der Waals surface area (Å²) in [5, 5.41) is 16.4. The van der Waals surface area contributed by atoms with Crippen LogP contribution in [0.3, 0.4) is 0 Å². The first-order valence-electron chi connectivity index (χ1n) is 5.12. The van der Waals surface area contributed by atoms with E-state index in [9.17, 15) is 5.11 Å². The van der Waals surface area contributed by atoms with Crippen molar-refractivity contribution in [3.05, 3.63) is 23.8 Å². The van der Waals surface area contributed by atoms with Gasteiger partial charge in [-0.1, -0.05) is 0 Å². The molecule has 0 spiro atoms. The third-order valence-electron chi connectivity index (χ3n) is 2.65. The zero-order valence-corrected chi connectivity index (χ0v) is 8.79. The van der Waals surface area contributed by atoms with E-state index in [4.69, 9.17) is 4.74 Å². The van der Waals surface area contributed by atoms with Crippen LogP contribution in [-0.4, -0.2) is 31.9 Å². The molecule has 0 radical (unpaired) electrons. The van der Waals surface area contributed by atoms with Gasteiger partial charge < -0.3 is 20.5 Å². The molecule has 4 nitrogen and oxygen atoms in total. The van der Waals surface area contributed by atoms with Gasteiger partial charge in [0.1, 0.15) is 11.5 Å². The number of hydrogen-bond donors (Lipinski definition) is 3. The van der Waals surface area contributed by atoms with Gasteiger partial charge in [-0.3, -0.25) is 0 Å². The molecule has 82 valence electrons. The Kier molecular flexibility index (Phi) is 3.08. The molecule has 1 atom stereocenters. The molecular formula is C11H16N2O2. The highest BCUT2D eigenvalue weighted by molar-refractivity contribution is 5.41. The number of methoxy groups -OCH3 is 1. The van der Waals surface area contributed by atoms with Crippen molar-refractivity contribution >= 4 is 0 Å². The molecule has 15 heavy (non-hydrogen) atoms. The van der Waals surface area contributed by atoms with Crippen LogP contribution < -0.4 is 15.4 Å². The Morgan fingerprint density at radius 3 is 2.93 bits per heavy atom. The first kappa shape index (κ1) is 10.3. The fraction of sp³-hybridized carbons (Fsp3) is 0.455. The molecule has 0 unspecified atom stereocenters. The summed E-state index contributed by atoms with van der Waals surface area (Å²) < 4.78 is 5.14. The van der Waals surface area contributed by atoms with Gasteiger partial charge in [-0.05, 0) is 18.2 Å². The molecule has 4 heteroatoms. The van der Waals surface area contributed by atoms with E-state index < -0.39 is 0 Å². The number of benzene rings is 1. The van der Waals surface area contributed by atoms with Crippen LogP contribution in [0.5, 0.6) is 11.5 Å². The van der Waals surface area contributed by atoms with Gasteiger partial charge in [0.25, 0.3) is 0 Å². The smallest absolute Gasteiger partial charge is 0.120 e. The van der Waals surface area contributed by atoms with Gasteiger partial charge in [0.05, 0.1) is 7.11 Å². The van der Waals surface area contributed by atoms with Crippen LogP contribution in [0.1, 0.15) is 11.6 Å². The Hall–Kier alpha value is -1.26. The van der Waals surface area contributed by atoms with Gasteiger partial charge in [0.15, 0.2) is 0 Å². The largest absolute Gasteiger partial charge is 0.508 e. The quantitative estimate of drug-likeness (QED) is 0.667. The van der Waals surface area contributed by atoms with Crippen molar-refractivity contribution in [3.63, 3.8) is 0 Å².